The van der Waals surface area contributed by atoms with E-state index < -0.39 is 11.7 Å². The van der Waals surface area contributed by atoms with Gasteiger partial charge in [0.05, 0.1) is 5.56 Å². The highest BCUT2D eigenvalue weighted by atomic mass is 79.9. The first kappa shape index (κ1) is 14.7. The number of alkyl halides is 3. The zero-order valence-corrected chi connectivity index (χ0v) is 11.9. The molecule has 6 heteroatoms. The summed E-state index contributed by atoms with van der Waals surface area (Å²) in [6.07, 6.45) is -4.44. The fraction of sp³-hybridized carbons (Fsp3) is 0.143. The Balaban J connectivity index is 2.21. The van der Waals surface area contributed by atoms with Gasteiger partial charge in [-0.2, -0.15) is 13.2 Å². The Hall–Kier alpha value is -1.69. The maximum Gasteiger partial charge on any atom is 0.418 e. The second-order valence-corrected chi connectivity index (χ2v) is 5.20. The van der Waals surface area contributed by atoms with Crippen LogP contribution in [0.4, 0.5) is 24.5 Å². The fourth-order valence-electron chi connectivity index (χ4n) is 1.79. The summed E-state index contributed by atoms with van der Waals surface area (Å²) in [5.41, 5.74) is 5.65. The van der Waals surface area contributed by atoms with E-state index in [4.69, 9.17) is 5.73 Å². The van der Waals surface area contributed by atoms with Crippen molar-refractivity contribution in [2.24, 2.45) is 0 Å². The van der Waals surface area contributed by atoms with Crippen molar-refractivity contribution in [2.45, 2.75) is 12.7 Å². The highest BCUT2D eigenvalue weighted by Crippen LogP contribution is 2.36. The van der Waals surface area contributed by atoms with E-state index in [-0.39, 0.29) is 11.4 Å². The molecule has 0 saturated carbocycles. The molecule has 3 N–H and O–H groups in total. The smallest absolute Gasteiger partial charge is 0.399 e. The molecule has 0 bridgehead atoms. The van der Waals surface area contributed by atoms with E-state index in [9.17, 15) is 13.2 Å². The van der Waals surface area contributed by atoms with Crippen molar-refractivity contribution in [3.05, 3.63) is 58.1 Å². The van der Waals surface area contributed by atoms with Crippen LogP contribution in [-0.2, 0) is 12.7 Å². The molecular weight excluding hydrogens is 333 g/mol. The molecule has 0 heterocycles. The van der Waals surface area contributed by atoms with Crippen LogP contribution >= 0.6 is 15.9 Å². The number of nitrogens with one attached hydrogen (secondary N) is 1. The van der Waals surface area contributed by atoms with Crippen LogP contribution in [-0.4, -0.2) is 0 Å². The number of nitrogen functional groups attached to an aromatic ring is 1. The third kappa shape index (κ3) is 3.66. The van der Waals surface area contributed by atoms with Gasteiger partial charge in [-0.05, 0) is 35.9 Å². The maximum atomic E-state index is 12.9. The van der Waals surface area contributed by atoms with Crippen LogP contribution in [0.2, 0.25) is 0 Å². The molecule has 2 nitrogen and oxygen atoms in total. The molecule has 0 aliphatic carbocycles. The van der Waals surface area contributed by atoms with Gasteiger partial charge in [-0.25, -0.2) is 0 Å². The highest BCUT2D eigenvalue weighted by Gasteiger charge is 2.33. The van der Waals surface area contributed by atoms with Crippen LogP contribution in [0.3, 0.4) is 0 Å². The molecule has 0 aliphatic rings. The zero-order valence-electron chi connectivity index (χ0n) is 10.3. The van der Waals surface area contributed by atoms with Crippen LogP contribution in [0.1, 0.15) is 11.1 Å². The topological polar surface area (TPSA) is 38.0 Å². The maximum absolute atomic E-state index is 12.9. The summed E-state index contributed by atoms with van der Waals surface area (Å²) in [6.45, 7) is 0.298. The molecular formula is C14H12BrF3N2. The van der Waals surface area contributed by atoms with Crippen molar-refractivity contribution in [1.82, 2.24) is 0 Å². The van der Waals surface area contributed by atoms with Gasteiger partial charge in [0.2, 0.25) is 0 Å². The summed E-state index contributed by atoms with van der Waals surface area (Å²) in [5.74, 6) is 0. The van der Waals surface area contributed by atoms with Gasteiger partial charge in [-0.3, -0.25) is 0 Å². The molecule has 0 saturated heterocycles. The van der Waals surface area contributed by atoms with Gasteiger partial charge in [0.1, 0.15) is 0 Å². The van der Waals surface area contributed by atoms with E-state index in [0.29, 0.717) is 6.54 Å². The molecule has 0 amide bonds. The molecule has 0 spiro atoms. The van der Waals surface area contributed by atoms with Gasteiger partial charge < -0.3 is 11.1 Å². The average molecular weight is 345 g/mol. The zero-order chi connectivity index (χ0) is 14.8. The third-order valence-electron chi connectivity index (χ3n) is 2.72. The van der Waals surface area contributed by atoms with Crippen molar-refractivity contribution in [3.8, 4) is 0 Å². The standard InChI is InChI=1S/C14H12BrF3N2/c15-10-3-1-2-9(6-10)8-20-13-5-4-11(19)7-12(13)14(16,17)18/h1-7,20H,8,19H2. The number of rotatable bonds is 3. The van der Waals surface area contributed by atoms with Gasteiger partial charge in [-0.15, -0.1) is 0 Å². The molecule has 0 aromatic heterocycles. The molecule has 20 heavy (non-hydrogen) atoms. The average Bonchev–Trinajstić information content (AvgIpc) is 2.36. The molecule has 0 unspecified atom stereocenters. The van der Waals surface area contributed by atoms with Gasteiger partial charge in [0, 0.05) is 22.4 Å². The summed E-state index contributed by atoms with van der Waals surface area (Å²) in [7, 11) is 0. The minimum atomic E-state index is -4.44. The monoisotopic (exact) mass is 344 g/mol. The quantitative estimate of drug-likeness (QED) is 0.794. The van der Waals surface area contributed by atoms with Gasteiger partial charge in [0.25, 0.3) is 0 Å². The van der Waals surface area contributed by atoms with Crippen molar-refractivity contribution in [3.63, 3.8) is 0 Å². The second kappa shape index (κ2) is 5.75. The minimum absolute atomic E-state index is 0.0201. The summed E-state index contributed by atoms with van der Waals surface area (Å²) in [4.78, 5) is 0. The Bertz CT molecular complexity index is 612. The first-order chi connectivity index (χ1) is 9.36. The normalized spacial score (nSPS) is 11.4. The van der Waals surface area contributed by atoms with E-state index in [0.717, 1.165) is 16.1 Å². The molecule has 2 aromatic rings. The minimum Gasteiger partial charge on any atom is -0.399 e. The molecule has 2 rings (SSSR count). The number of benzene rings is 2. The van der Waals surface area contributed by atoms with E-state index in [1.54, 1.807) is 0 Å². The summed E-state index contributed by atoms with van der Waals surface area (Å²) in [5, 5.41) is 2.79. The van der Waals surface area contributed by atoms with Crippen molar-refractivity contribution < 1.29 is 13.2 Å². The molecule has 0 radical (unpaired) electrons. The van der Waals surface area contributed by atoms with E-state index in [1.807, 2.05) is 24.3 Å². The van der Waals surface area contributed by atoms with E-state index in [2.05, 4.69) is 21.2 Å². The van der Waals surface area contributed by atoms with Crippen molar-refractivity contribution in [1.29, 1.82) is 0 Å². The summed E-state index contributed by atoms with van der Waals surface area (Å²) < 4.78 is 39.6. The lowest BCUT2D eigenvalue weighted by Gasteiger charge is -2.15. The first-order valence-electron chi connectivity index (χ1n) is 5.81. The van der Waals surface area contributed by atoms with Gasteiger partial charge >= 0.3 is 6.18 Å². The Kier molecular flexibility index (Phi) is 4.23. The van der Waals surface area contributed by atoms with E-state index >= 15 is 0 Å². The van der Waals surface area contributed by atoms with Crippen molar-refractivity contribution in [2.75, 3.05) is 11.1 Å². The number of hydrogen-bond donors (Lipinski definition) is 2. The Morgan fingerprint density at radius 3 is 2.50 bits per heavy atom. The first-order valence-corrected chi connectivity index (χ1v) is 6.60. The highest BCUT2D eigenvalue weighted by molar-refractivity contribution is 9.10. The number of anilines is 2. The molecule has 106 valence electrons. The lowest BCUT2D eigenvalue weighted by Crippen LogP contribution is -2.11. The Labute approximate surface area is 122 Å². The summed E-state index contributed by atoms with van der Waals surface area (Å²) in [6, 6.07) is 11.1. The third-order valence-corrected chi connectivity index (χ3v) is 3.21. The lowest BCUT2D eigenvalue weighted by molar-refractivity contribution is -0.136. The van der Waals surface area contributed by atoms with Crippen LogP contribution < -0.4 is 11.1 Å². The Morgan fingerprint density at radius 1 is 1.10 bits per heavy atom. The van der Waals surface area contributed by atoms with Gasteiger partial charge in [-0.1, -0.05) is 28.1 Å². The van der Waals surface area contributed by atoms with Crippen LogP contribution in [0.5, 0.6) is 0 Å². The van der Waals surface area contributed by atoms with Crippen LogP contribution in [0.15, 0.2) is 46.9 Å². The van der Waals surface area contributed by atoms with E-state index in [1.165, 1.54) is 12.1 Å². The van der Waals surface area contributed by atoms with Crippen LogP contribution in [0, 0.1) is 0 Å². The summed E-state index contributed by atoms with van der Waals surface area (Å²) >= 11 is 3.32. The van der Waals surface area contributed by atoms with Gasteiger partial charge in [0.15, 0.2) is 0 Å². The van der Waals surface area contributed by atoms with Crippen molar-refractivity contribution >= 4 is 27.3 Å². The molecule has 0 atom stereocenters. The number of halogens is 4. The predicted molar refractivity (Wildman–Crippen MR) is 77.3 cm³/mol. The molecule has 0 aliphatic heterocycles. The largest absolute Gasteiger partial charge is 0.418 e. The fourth-order valence-corrected chi connectivity index (χ4v) is 2.24. The number of hydrogen-bond acceptors (Lipinski definition) is 2. The Morgan fingerprint density at radius 2 is 1.85 bits per heavy atom. The van der Waals surface area contributed by atoms with Crippen LogP contribution in [0.25, 0.3) is 0 Å². The SMILES string of the molecule is Nc1ccc(NCc2cccc(Br)c2)c(C(F)(F)F)c1. The molecule has 2 aromatic carbocycles. The second-order valence-electron chi connectivity index (χ2n) is 4.29. The molecule has 0 fully saturated rings. The predicted octanol–water partition coefficient (Wildman–Crippen LogP) is 4.66. The number of nitrogens with two attached hydrogens (primary N) is 1. The lowest BCUT2D eigenvalue weighted by atomic mass is 10.1.